The van der Waals surface area contributed by atoms with E-state index in [-0.39, 0.29) is 0 Å². The Bertz CT molecular complexity index is 391. The SMILES string of the molecule is CC1(C)CCCC(C)(C)N1.O=S(=O)=C1CCCCC1. The first-order chi connectivity index (χ1) is 8.72. The van der Waals surface area contributed by atoms with Crippen molar-refractivity contribution in [1.82, 2.24) is 5.32 Å². The van der Waals surface area contributed by atoms with Gasteiger partial charge >= 0.3 is 0 Å². The molecule has 2 rings (SSSR count). The predicted molar refractivity (Wildman–Crippen MR) is 82.2 cm³/mol. The molecular weight excluding hydrogens is 258 g/mol. The van der Waals surface area contributed by atoms with E-state index in [9.17, 15) is 8.42 Å². The molecule has 3 nitrogen and oxygen atoms in total. The Morgan fingerprint density at radius 3 is 1.58 bits per heavy atom. The van der Waals surface area contributed by atoms with Crippen molar-refractivity contribution in [2.45, 2.75) is 90.1 Å². The maximum absolute atomic E-state index is 10.3. The number of nitrogens with one attached hydrogen (secondary N) is 1. The smallest absolute Gasteiger partial charge is 0.213 e. The van der Waals surface area contributed by atoms with Gasteiger partial charge in [0.15, 0.2) is 0 Å². The highest BCUT2D eigenvalue weighted by Gasteiger charge is 2.31. The van der Waals surface area contributed by atoms with Gasteiger partial charge in [0.25, 0.3) is 0 Å². The first-order valence-corrected chi connectivity index (χ1v) is 8.53. The zero-order chi connectivity index (χ0) is 14.5. The molecule has 1 aliphatic heterocycles. The van der Waals surface area contributed by atoms with Crippen molar-refractivity contribution >= 4 is 15.2 Å². The first-order valence-electron chi connectivity index (χ1n) is 7.45. The number of piperidine rings is 1. The molecule has 4 heteroatoms. The van der Waals surface area contributed by atoms with Crippen LogP contribution in [0.3, 0.4) is 0 Å². The maximum Gasteiger partial charge on any atom is 0.213 e. The van der Waals surface area contributed by atoms with E-state index in [1.54, 1.807) is 0 Å². The van der Waals surface area contributed by atoms with Crippen molar-refractivity contribution < 1.29 is 8.42 Å². The van der Waals surface area contributed by atoms with Gasteiger partial charge in [-0.2, -0.15) is 8.42 Å². The van der Waals surface area contributed by atoms with Crippen LogP contribution in [0.25, 0.3) is 0 Å². The summed E-state index contributed by atoms with van der Waals surface area (Å²) in [6, 6.07) is 0. The number of hydrogen-bond acceptors (Lipinski definition) is 3. The Morgan fingerprint density at radius 1 is 0.842 bits per heavy atom. The summed E-state index contributed by atoms with van der Waals surface area (Å²) in [7, 11) is -1.89. The summed E-state index contributed by atoms with van der Waals surface area (Å²) >= 11 is 0. The summed E-state index contributed by atoms with van der Waals surface area (Å²) < 4.78 is 20.6. The molecule has 0 unspecified atom stereocenters. The second-order valence-corrected chi connectivity index (χ2v) is 8.13. The van der Waals surface area contributed by atoms with Crippen molar-refractivity contribution in [3.05, 3.63) is 0 Å². The summed E-state index contributed by atoms with van der Waals surface area (Å²) in [6.45, 7) is 9.14. The van der Waals surface area contributed by atoms with Gasteiger partial charge in [-0.3, -0.25) is 0 Å². The van der Waals surface area contributed by atoms with Crippen LogP contribution in [0.1, 0.15) is 79.1 Å². The van der Waals surface area contributed by atoms with Crippen LogP contribution in [-0.4, -0.2) is 24.4 Å². The molecule has 1 heterocycles. The van der Waals surface area contributed by atoms with E-state index in [0.717, 1.165) is 30.5 Å². The van der Waals surface area contributed by atoms with Gasteiger partial charge in [-0.1, -0.05) is 6.42 Å². The van der Waals surface area contributed by atoms with Crippen molar-refractivity contribution in [3.63, 3.8) is 0 Å². The molecular formula is C15H29NO2S. The summed E-state index contributed by atoms with van der Waals surface area (Å²) in [5.41, 5.74) is 0.726. The lowest BCUT2D eigenvalue weighted by Crippen LogP contribution is -2.55. The fraction of sp³-hybridized carbons (Fsp3) is 0.933. The zero-order valence-corrected chi connectivity index (χ0v) is 13.7. The monoisotopic (exact) mass is 287 g/mol. The Hall–Kier alpha value is -0.350. The Morgan fingerprint density at radius 2 is 1.32 bits per heavy atom. The van der Waals surface area contributed by atoms with E-state index in [1.165, 1.54) is 25.7 Å². The van der Waals surface area contributed by atoms with Gasteiger partial charge in [-0.25, -0.2) is 0 Å². The minimum atomic E-state index is -1.89. The van der Waals surface area contributed by atoms with E-state index in [4.69, 9.17) is 0 Å². The molecule has 1 saturated heterocycles. The predicted octanol–water partition coefficient (Wildman–Crippen LogP) is 3.32. The molecule has 0 aromatic rings. The molecule has 0 atom stereocenters. The van der Waals surface area contributed by atoms with E-state index < -0.39 is 10.3 Å². The zero-order valence-electron chi connectivity index (χ0n) is 12.9. The molecule has 0 aromatic heterocycles. The van der Waals surface area contributed by atoms with Gasteiger partial charge in [-0.15, -0.1) is 0 Å². The minimum absolute atomic E-state index is 0.363. The molecule has 0 aromatic carbocycles. The minimum Gasteiger partial charge on any atom is -0.307 e. The van der Waals surface area contributed by atoms with Crippen molar-refractivity contribution in [2.75, 3.05) is 0 Å². The lowest BCUT2D eigenvalue weighted by molar-refractivity contribution is 0.183. The van der Waals surface area contributed by atoms with Crippen LogP contribution < -0.4 is 5.32 Å². The third kappa shape index (κ3) is 6.57. The molecule has 1 N–H and O–H groups in total. The molecule has 1 saturated carbocycles. The van der Waals surface area contributed by atoms with Crippen molar-refractivity contribution in [3.8, 4) is 0 Å². The molecule has 0 amide bonds. The van der Waals surface area contributed by atoms with Crippen molar-refractivity contribution in [1.29, 1.82) is 0 Å². The third-order valence-corrected chi connectivity index (χ3v) is 4.81. The molecule has 2 fully saturated rings. The lowest BCUT2D eigenvalue weighted by Gasteiger charge is -2.42. The van der Waals surface area contributed by atoms with E-state index in [1.807, 2.05) is 0 Å². The van der Waals surface area contributed by atoms with Crippen LogP contribution in [0.2, 0.25) is 0 Å². The van der Waals surface area contributed by atoms with Gasteiger partial charge in [0.05, 0.1) is 0 Å². The van der Waals surface area contributed by atoms with Gasteiger partial charge in [0.2, 0.25) is 10.3 Å². The summed E-state index contributed by atoms with van der Waals surface area (Å²) in [4.78, 5) is 0.723. The molecule has 1 aliphatic carbocycles. The standard InChI is InChI=1S/C9H19N.C6H10O2S/c1-8(2)6-5-7-9(3,4)10-8;7-9(8)6-4-2-1-3-5-6/h10H,5-7H2,1-4H3;1-5H2. The average Bonchev–Trinajstić information content (AvgIpc) is 2.27. The highest BCUT2D eigenvalue weighted by molar-refractivity contribution is 7.73. The van der Waals surface area contributed by atoms with Crippen LogP contribution in [0.4, 0.5) is 0 Å². The third-order valence-electron chi connectivity index (χ3n) is 3.93. The van der Waals surface area contributed by atoms with E-state index in [2.05, 4.69) is 33.0 Å². The fourth-order valence-corrected chi connectivity index (χ4v) is 3.75. The Balaban J connectivity index is 0.000000191. The summed E-state index contributed by atoms with van der Waals surface area (Å²) in [5.74, 6) is 0. The van der Waals surface area contributed by atoms with Gasteiger partial charge < -0.3 is 5.32 Å². The van der Waals surface area contributed by atoms with E-state index >= 15 is 0 Å². The van der Waals surface area contributed by atoms with Gasteiger partial charge in [-0.05, 0) is 72.6 Å². The second kappa shape index (κ2) is 6.89. The quantitative estimate of drug-likeness (QED) is 0.695. The largest absolute Gasteiger partial charge is 0.307 e. The normalized spacial score (nSPS) is 25.2. The fourth-order valence-electron chi connectivity index (χ4n) is 3.13. The molecule has 112 valence electrons. The second-order valence-electron chi connectivity index (χ2n) is 7.08. The van der Waals surface area contributed by atoms with Crippen LogP contribution in [0.5, 0.6) is 0 Å². The number of rotatable bonds is 0. The Kier molecular flexibility index (Phi) is 6.06. The van der Waals surface area contributed by atoms with Gasteiger partial charge in [0.1, 0.15) is 0 Å². The lowest BCUT2D eigenvalue weighted by atomic mass is 9.83. The number of hydrogen-bond donors (Lipinski definition) is 1. The van der Waals surface area contributed by atoms with E-state index in [0.29, 0.717) is 11.1 Å². The van der Waals surface area contributed by atoms with Crippen molar-refractivity contribution in [2.24, 2.45) is 0 Å². The summed E-state index contributed by atoms with van der Waals surface area (Å²) in [5, 5.41) is 3.63. The average molecular weight is 287 g/mol. The molecule has 19 heavy (non-hydrogen) atoms. The van der Waals surface area contributed by atoms with Crippen LogP contribution >= 0.6 is 0 Å². The van der Waals surface area contributed by atoms with Crippen LogP contribution in [0, 0.1) is 0 Å². The topological polar surface area (TPSA) is 46.2 Å². The summed E-state index contributed by atoms with van der Waals surface area (Å²) in [6.07, 6.45) is 8.92. The highest BCUT2D eigenvalue weighted by atomic mass is 32.2. The molecule has 0 radical (unpaired) electrons. The van der Waals surface area contributed by atoms with Crippen LogP contribution in [0.15, 0.2) is 0 Å². The van der Waals surface area contributed by atoms with Gasteiger partial charge in [0, 0.05) is 15.9 Å². The highest BCUT2D eigenvalue weighted by Crippen LogP contribution is 2.27. The maximum atomic E-state index is 10.3. The molecule has 0 bridgehead atoms. The Labute approximate surface area is 119 Å². The van der Waals surface area contributed by atoms with Crippen LogP contribution in [-0.2, 0) is 10.3 Å². The molecule has 2 aliphatic rings. The first kappa shape index (κ1) is 16.7. The molecule has 0 spiro atoms.